The lowest BCUT2D eigenvalue weighted by Crippen LogP contribution is -2.38. The van der Waals surface area contributed by atoms with Gasteiger partial charge >= 0.3 is 5.97 Å². The van der Waals surface area contributed by atoms with Gasteiger partial charge in [-0.05, 0) is 59.9 Å². The predicted molar refractivity (Wildman–Crippen MR) is 122 cm³/mol. The Labute approximate surface area is 188 Å². The zero-order chi connectivity index (χ0) is 21.5. The van der Waals surface area contributed by atoms with Crippen molar-refractivity contribution < 1.29 is 19.1 Å². The number of amides is 1. The Morgan fingerprint density at radius 1 is 1.19 bits per heavy atom. The number of carbonyl (C=O) groups excluding carboxylic acids is 2. The number of benzene rings is 1. The molecule has 1 aliphatic heterocycles. The molecule has 3 heterocycles. The van der Waals surface area contributed by atoms with E-state index in [1.165, 1.54) is 28.9 Å². The Kier molecular flexibility index (Phi) is 5.19. The van der Waals surface area contributed by atoms with Crippen molar-refractivity contribution in [1.82, 2.24) is 5.32 Å². The van der Waals surface area contributed by atoms with Crippen molar-refractivity contribution in [2.24, 2.45) is 5.92 Å². The van der Waals surface area contributed by atoms with Crippen LogP contribution in [0.15, 0.2) is 35.7 Å². The molecule has 31 heavy (non-hydrogen) atoms. The number of hydrogen-bond donors (Lipinski definition) is 2. The van der Waals surface area contributed by atoms with E-state index < -0.39 is 5.97 Å². The van der Waals surface area contributed by atoms with Gasteiger partial charge in [-0.3, -0.25) is 4.79 Å². The van der Waals surface area contributed by atoms with Gasteiger partial charge < -0.3 is 20.1 Å². The standard InChI is InChI=1S/C23H22N2O4S2/c1-12-5-7-14-18(10-12)31-22-19(14)21(26)24-20(25-22)13-6-8-15(16(11-13)28-2)29-23(27)17-4-3-9-30-17/h3-4,6,8-9,11-12,20,25H,5,7,10H2,1-2H3,(H,24,26)/t12-,20+/m1/s1. The van der Waals surface area contributed by atoms with Crippen LogP contribution < -0.4 is 20.1 Å². The van der Waals surface area contributed by atoms with E-state index >= 15 is 0 Å². The molecule has 0 unspecified atom stereocenters. The lowest BCUT2D eigenvalue weighted by molar-refractivity contribution is 0.0734. The van der Waals surface area contributed by atoms with Crippen molar-refractivity contribution in [1.29, 1.82) is 0 Å². The Bertz CT molecular complexity index is 1150. The van der Waals surface area contributed by atoms with Crippen LogP contribution in [0.2, 0.25) is 0 Å². The first kappa shape index (κ1) is 20.1. The van der Waals surface area contributed by atoms with Gasteiger partial charge in [0.1, 0.15) is 16.0 Å². The van der Waals surface area contributed by atoms with E-state index in [2.05, 4.69) is 17.6 Å². The van der Waals surface area contributed by atoms with Crippen LogP contribution in [0.1, 0.15) is 55.5 Å². The van der Waals surface area contributed by atoms with Crippen LogP contribution in [0, 0.1) is 5.92 Å². The predicted octanol–water partition coefficient (Wildman–Crippen LogP) is 5.02. The van der Waals surface area contributed by atoms with Gasteiger partial charge in [-0.15, -0.1) is 22.7 Å². The zero-order valence-corrected chi connectivity index (χ0v) is 18.8. The van der Waals surface area contributed by atoms with Crippen LogP contribution in [0.5, 0.6) is 11.5 Å². The van der Waals surface area contributed by atoms with E-state index in [4.69, 9.17) is 9.47 Å². The lowest BCUT2D eigenvalue weighted by Gasteiger charge is -2.27. The van der Waals surface area contributed by atoms with Crippen LogP contribution in [0.3, 0.4) is 0 Å². The highest BCUT2D eigenvalue weighted by molar-refractivity contribution is 7.16. The maximum Gasteiger partial charge on any atom is 0.353 e. The summed E-state index contributed by atoms with van der Waals surface area (Å²) in [6.07, 6.45) is 2.73. The lowest BCUT2D eigenvalue weighted by atomic mass is 9.88. The quantitative estimate of drug-likeness (QED) is 0.428. The molecule has 0 saturated carbocycles. The molecule has 2 aromatic heterocycles. The topological polar surface area (TPSA) is 76.7 Å². The Hall–Kier alpha value is -2.84. The first-order chi connectivity index (χ1) is 15.0. The molecule has 0 saturated heterocycles. The molecule has 3 aromatic rings. The summed E-state index contributed by atoms with van der Waals surface area (Å²) < 4.78 is 11.0. The van der Waals surface area contributed by atoms with E-state index in [9.17, 15) is 9.59 Å². The molecule has 0 radical (unpaired) electrons. The second-order valence-electron chi connectivity index (χ2n) is 7.88. The number of anilines is 1. The summed E-state index contributed by atoms with van der Waals surface area (Å²) in [5, 5.41) is 9.30. The molecule has 2 N–H and O–H groups in total. The smallest absolute Gasteiger partial charge is 0.353 e. The number of nitrogens with one attached hydrogen (secondary N) is 2. The molecule has 8 heteroatoms. The fourth-order valence-corrected chi connectivity index (χ4v) is 6.16. The van der Waals surface area contributed by atoms with E-state index in [1.54, 1.807) is 35.6 Å². The van der Waals surface area contributed by atoms with Crippen molar-refractivity contribution in [3.05, 3.63) is 62.2 Å². The molecule has 2 aliphatic rings. The van der Waals surface area contributed by atoms with E-state index in [0.29, 0.717) is 22.3 Å². The van der Waals surface area contributed by atoms with E-state index in [0.717, 1.165) is 35.4 Å². The summed E-state index contributed by atoms with van der Waals surface area (Å²) in [5.74, 6) is 0.961. The summed E-state index contributed by atoms with van der Waals surface area (Å²) in [7, 11) is 1.53. The Morgan fingerprint density at radius 2 is 2.06 bits per heavy atom. The van der Waals surface area contributed by atoms with Gasteiger partial charge in [0.2, 0.25) is 0 Å². The average molecular weight is 455 g/mol. The van der Waals surface area contributed by atoms with E-state index in [1.807, 2.05) is 11.4 Å². The number of hydrogen-bond acceptors (Lipinski definition) is 7. The molecule has 1 aromatic carbocycles. The van der Waals surface area contributed by atoms with Crippen molar-refractivity contribution in [2.75, 3.05) is 12.4 Å². The summed E-state index contributed by atoms with van der Waals surface area (Å²) >= 11 is 3.02. The van der Waals surface area contributed by atoms with Gasteiger partial charge in [0.15, 0.2) is 11.5 Å². The minimum absolute atomic E-state index is 0.0435. The van der Waals surface area contributed by atoms with Crippen LogP contribution in [0.25, 0.3) is 0 Å². The SMILES string of the molecule is COc1cc([C@H]2NC(=O)c3c(sc4c3CC[C@@H](C)C4)N2)ccc1OC(=O)c1cccs1. The molecule has 1 amide bonds. The number of ether oxygens (including phenoxy) is 2. The van der Waals surface area contributed by atoms with Crippen LogP contribution >= 0.6 is 22.7 Å². The fourth-order valence-electron chi connectivity index (χ4n) is 4.12. The minimum atomic E-state index is -0.423. The highest BCUT2D eigenvalue weighted by atomic mass is 32.1. The Morgan fingerprint density at radius 3 is 2.84 bits per heavy atom. The number of methoxy groups -OCH3 is 1. The van der Waals surface area contributed by atoms with Gasteiger partial charge in [0.05, 0.1) is 12.7 Å². The van der Waals surface area contributed by atoms with Gasteiger partial charge in [0, 0.05) is 4.88 Å². The van der Waals surface area contributed by atoms with Gasteiger partial charge in [0.25, 0.3) is 5.91 Å². The van der Waals surface area contributed by atoms with Crippen LogP contribution in [-0.4, -0.2) is 19.0 Å². The second-order valence-corrected chi connectivity index (χ2v) is 9.94. The largest absolute Gasteiger partial charge is 0.493 e. The molecular formula is C23H22N2O4S2. The number of esters is 1. The summed E-state index contributed by atoms with van der Waals surface area (Å²) in [6.45, 7) is 2.26. The average Bonchev–Trinajstić information content (AvgIpc) is 3.41. The third-order valence-corrected chi connectivity index (χ3v) is 7.77. The zero-order valence-electron chi connectivity index (χ0n) is 17.2. The molecule has 6 nitrogen and oxygen atoms in total. The molecule has 1 aliphatic carbocycles. The Balaban J connectivity index is 1.40. The normalized spacial score (nSPS) is 19.6. The third kappa shape index (κ3) is 3.70. The molecule has 160 valence electrons. The van der Waals surface area contributed by atoms with Crippen molar-refractivity contribution >= 4 is 39.6 Å². The fraction of sp³-hybridized carbons (Fsp3) is 0.304. The van der Waals surface area contributed by atoms with Gasteiger partial charge in [-0.1, -0.05) is 19.1 Å². The van der Waals surface area contributed by atoms with Crippen LogP contribution in [-0.2, 0) is 12.8 Å². The molecule has 5 rings (SSSR count). The number of carbonyl (C=O) groups is 2. The van der Waals surface area contributed by atoms with Crippen molar-refractivity contribution in [2.45, 2.75) is 32.4 Å². The minimum Gasteiger partial charge on any atom is -0.493 e. The maximum atomic E-state index is 12.9. The first-order valence-corrected chi connectivity index (χ1v) is 11.9. The maximum absolute atomic E-state index is 12.9. The highest BCUT2D eigenvalue weighted by Gasteiger charge is 2.33. The molecule has 0 spiro atoms. The number of fused-ring (bicyclic) bond motifs is 3. The number of rotatable bonds is 4. The van der Waals surface area contributed by atoms with Gasteiger partial charge in [-0.25, -0.2) is 4.79 Å². The van der Waals surface area contributed by atoms with Crippen molar-refractivity contribution in [3.63, 3.8) is 0 Å². The highest BCUT2D eigenvalue weighted by Crippen LogP contribution is 2.43. The van der Waals surface area contributed by atoms with Crippen LogP contribution in [0.4, 0.5) is 5.00 Å². The summed E-state index contributed by atoms with van der Waals surface area (Å²) in [4.78, 5) is 27.1. The van der Waals surface area contributed by atoms with E-state index in [-0.39, 0.29) is 12.1 Å². The molecule has 0 bridgehead atoms. The molecular weight excluding hydrogens is 432 g/mol. The van der Waals surface area contributed by atoms with Gasteiger partial charge in [-0.2, -0.15) is 0 Å². The number of thiophene rings is 2. The summed E-state index contributed by atoms with van der Waals surface area (Å²) in [5.41, 5.74) is 2.83. The first-order valence-electron chi connectivity index (χ1n) is 10.2. The summed E-state index contributed by atoms with van der Waals surface area (Å²) in [6, 6.07) is 8.84. The molecule has 2 atom stereocenters. The second kappa shape index (κ2) is 8.01. The monoisotopic (exact) mass is 454 g/mol. The van der Waals surface area contributed by atoms with Crippen molar-refractivity contribution in [3.8, 4) is 11.5 Å². The molecule has 0 fully saturated rings. The third-order valence-electron chi connectivity index (χ3n) is 5.74.